The highest BCUT2D eigenvalue weighted by Gasteiger charge is 2.56. The molecule has 0 aromatic rings. The van der Waals surface area contributed by atoms with Gasteiger partial charge in [0.05, 0.1) is 28.2 Å². The summed E-state index contributed by atoms with van der Waals surface area (Å²) in [5.41, 5.74) is -2.99. The molecular formula is C20H33BFNO6S. The lowest BCUT2D eigenvalue weighted by Gasteiger charge is -2.41. The second-order valence-electron chi connectivity index (χ2n) is 10.7. The van der Waals surface area contributed by atoms with Crippen molar-refractivity contribution >= 4 is 23.0 Å². The normalized spacial score (nSPS) is 28.7. The molecule has 0 aromatic carbocycles. The van der Waals surface area contributed by atoms with Gasteiger partial charge in [-0.1, -0.05) is 0 Å². The van der Waals surface area contributed by atoms with Gasteiger partial charge in [-0.3, -0.25) is 4.90 Å². The minimum atomic E-state index is -3.15. The first-order valence-electron chi connectivity index (χ1n) is 10.4. The number of carbonyl (C=O) groups is 1. The van der Waals surface area contributed by atoms with Gasteiger partial charge >= 0.3 is 13.2 Å². The van der Waals surface area contributed by atoms with Crippen LogP contribution in [0.5, 0.6) is 0 Å². The number of hydrogen-bond donors (Lipinski definition) is 0. The highest BCUT2D eigenvalue weighted by Crippen LogP contribution is 2.46. The second-order valence-corrected chi connectivity index (χ2v) is 13.0. The lowest BCUT2D eigenvalue weighted by molar-refractivity contribution is 0.00578. The van der Waals surface area contributed by atoms with Crippen LogP contribution in [0.4, 0.5) is 9.18 Å². The van der Waals surface area contributed by atoms with Crippen LogP contribution in [-0.2, 0) is 23.9 Å². The van der Waals surface area contributed by atoms with Crippen molar-refractivity contribution < 1.29 is 31.6 Å². The Morgan fingerprint density at radius 1 is 1.10 bits per heavy atom. The summed E-state index contributed by atoms with van der Waals surface area (Å²) in [6.45, 7) is 12.7. The average Bonchev–Trinajstić information content (AvgIpc) is 3.04. The van der Waals surface area contributed by atoms with E-state index in [-0.39, 0.29) is 37.3 Å². The minimum absolute atomic E-state index is 0.0301. The Kier molecular flexibility index (Phi) is 5.65. The van der Waals surface area contributed by atoms with Crippen molar-refractivity contribution in [2.75, 3.05) is 18.1 Å². The van der Waals surface area contributed by atoms with Crippen LogP contribution in [0.15, 0.2) is 11.3 Å². The van der Waals surface area contributed by atoms with Crippen molar-refractivity contribution in [1.82, 2.24) is 4.90 Å². The van der Waals surface area contributed by atoms with Crippen LogP contribution in [0.25, 0.3) is 0 Å². The van der Waals surface area contributed by atoms with E-state index < -0.39 is 51.1 Å². The van der Waals surface area contributed by atoms with Crippen molar-refractivity contribution in [3.8, 4) is 0 Å². The van der Waals surface area contributed by atoms with Gasteiger partial charge in [0.25, 0.3) is 0 Å². The Labute approximate surface area is 179 Å². The molecule has 0 bridgehead atoms. The zero-order chi connectivity index (χ0) is 22.8. The van der Waals surface area contributed by atoms with E-state index in [9.17, 15) is 13.2 Å². The molecule has 0 radical (unpaired) electrons. The number of rotatable bonds is 1. The quantitative estimate of drug-likeness (QED) is 0.576. The molecule has 3 aliphatic rings. The van der Waals surface area contributed by atoms with E-state index in [4.69, 9.17) is 14.0 Å². The number of likely N-dealkylation sites (tertiary alicyclic amines) is 1. The lowest BCUT2D eigenvalue weighted by atomic mass is 9.81. The molecule has 0 atom stereocenters. The standard InChI is InChI=1S/C20H33BFNO6S/c1-17(2,3)27-16(24)23-13-14(12-20(23)8-10-30(25,26)11-9-20)15(22)21-28-18(4,5)19(6,7)29-21/h8-13H2,1-7H3. The summed E-state index contributed by atoms with van der Waals surface area (Å²) in [4.78, 5) is 14.4. The van der Waals surface area contributed by atoms with Crippen LogP contribution in [0.1, 0.15) is 67.7 Å². The van der Waals surface area contributed by atoms with E-state index in [1.165, 1.54) is 4.90 Å². The molecular weight excluding hydrogens is 412 g/mol. The summed E-state index contributed by atoms with van der Waals surface area (Å²) < 4.78 is 56.7. The van der Waals surface area contributed by atoms with Crippen molar-refractivity contribution in [3.05, 3.63) is 11.3 Å². The van der Waals surface area contributed by atoms with Crippen molar-refractivity contribution in [1.29, 1.82) is 0 Å². The molecule has 1 spiro atoms. The van der Waals surface area contributed by atoms with Crippen molar-refractivity contribution in [3.63, 3.8) is 0 Å². The van der Waals surface area contributed by atoms with Crippen LogP contribution in [0.2, 0.25) is 0 Å². The van der Waals surface area contributed by atoms with Gasteiger partial charge in [-0.25, -0.2) is 17.6 Å². The lowest BCUT2D eigenvalue weighted by Crippen LogP contribution is -2.53. The van der Waals surface area contributed by atoms with E-state index in [0.29, 0.717) is 5.57 Å². The summed E-state index contributed by atoms with van der Waals surface area (Å²) in [5, 5.41) is 0. The second kappa shape index (κ2) is 7.20. The minimum Gasteiger partial charge on any atom is -0.444 e. The fourth-order valence-electron chi connectivity index (χ4n) is 4.12. The van der Waals surface area contributed by atoms with E-state index in [1.807, 2.05) is 27.7 Å². The van der Waals surface area contributed by atoms with Crippen LogP contribution in [0.3, 0.4) is 0 Å². The fourth-order valence-corrected chi connectivity index (χ4v) is 5.71. The number of halogens is 1. The molecule has 0 aromatic heterocycles. The van der Waals surface area contributed by atoms with Crippen molar-refractivity contribution in [2.24, 2.45) is 0 Å². The molecule has 7 nitrogen and oxygen atoms in total. The molecule has 30 heavy (non-hydrogen) atoms. The van der Waals surface area contributed by atoms with Gasteiger partial charge in [-0.15, -0.1) is 0 Å². The van der Waals surface area contributed by atoms with Crippen LogP contribution >= 0.6 is 0 Å². The van der Waals surface area contributed by atoms with Gasteiger partial charge in [0.1, 0.15) is 21.2 Å². The molecule has 0 unspecified atom stereocenters. The zero-order valence-electron chi connectivity index (χ0n) is 19.0. The first kappa shape index (κ1) is 23.5. The maximum absolute atomic E-state index is 15.5. The maximum atomic E-state index is 15.5. The highest BCUT2D eigenvalue weighted by atomic mass is 32.2. The predicted octanol–water partition coefficient (Wildman–Crippen LogP) is 3.43. The molecule has 0 N–H and O–H groups in total. The monoisotopic (exact) mass is 445 g/mol. The van der Waals surface area contributed by atoms with E-state index in [2.05, 4.69) is 0 Å². The smallest absolute Gasteiger partial charge is 0.444 e. The average molecular weight is 445 g/mol. The number of carbonyl (C=O) groups excluding carboxylic acids is 1. The Hall–Kier alpha value is -1.13. The summed E-state index contributed by atoms with van der Waals surface area (Å²) in [5.74, 6) is -0.0601. The summed E-state index contributed by atoms with van der Waals surface area (Å²) in [6, 6.07) is 0. The summed E-state index contributed by atoms with van der Waals surface area (Å²) in [6.07, 6.45) is 0.208. The predicted molar refractivity (Wildman–Crippen MR) is 112 cm³/mol. The number of sulfone groups is 1. The van der Waals surface area contributed by atoms with Gasteiger partial charge in [0, 0.05) is 6.54 Å². The maximum Gasteiger partial charge on any atom is 0.525 e. The molecule has 0 saturated carbocycles. The Morgan fingerprint density at radius 2 is 1.60 bits per heavy atom. The Morgan fingerprint density at radius 3 is 2.07 bits per heavy atom. The first-order chi connectivity index (χ1) is 13.5. The summed E-state index contributed by atoms with van der Waals surface area (Å²) >= 11 is 0. The fraction of sp³-hybridized carbons (Fsp3) is 0.850. The highest BCUT2D eigenvalue weighted by molar-refractivity contribution is 7.91. The molecule has 3 saturated heterocycles. The summed E-state index contributed by atoms with van der Waals surface area (Å²) in [7, 11) is -4.30. The molecule has 3 fully saturated rings. The third kappa shape index (κ3) is 4.41. The molecule has 3 rings (SSSR count). The number of amides is 1. The third-order valence-electron chi connectivity index (χ3n) is 6.63. The van der Waals surface area contributed by atoms with E-state index >= 15 is 4.39 Å². The third-order valence-corrected chi connectivity index (χ3v) is 8.28. The molecule has 3 heterocycles. The van der Waals surface area contributed by atoms with E-state index in [1.54, 1.807) is 20.8 Å². The number of nitrogens with zero attached hydrogens (tertiary/aromatic N) is 1. The Balaban J connectivity index is 1.92. The largest absolute Gasteiger partial charge is 0.525 e. The van der Waals surface area contributed by atoms with Crippen LogP contribution < -0.4 is 0 Å². The molecule has 170 valence electrons. The number of ether oxygens (including phenoxy) is 1. The van der Waals surface area contributed by atoms with Gasteiger partial charge in [0.2, 0.25) is 0 Å². The zero-order valence-corrected chi connectivity index (χ0v) is 19.8. The topological polar surface area (TPSA) is 82.1 Å². The van der Waals surface area contributed by atoms with Gasteiger partial charge in [-0.2, -0.15) is 0 Å². The Bertz CT molecular complexity index is 831. The molecule has 3 aliphatic heterocycles. The number of hydrogen-bond acceptors (Lipinski definition) is 6. The van der Waals surface area contributed by atoms with Gasteiger partial charge < -0.3 is 14.0 Å². The SMILES string of the molecule is CC(C)(C)OC(=O)N1CC(=C(F)B2OC(C)(C)C(C)(C)O2)CC12CCS(=O)(=O)CC2. The molecule has 1 amide bonds. The van der Waals surface area contributed by atoms with Gasteiger partial charge in [0.15, 0.2) is 0 Å². The molecule has 0 aliphatic carbocycles. The first-order valence-corrected chi connectivity index (χ1v) is 12.2. The van der Waals surface area contributed by atoms with Crippen LogP contribution in [-0.4, -0.2) is 66.9 Å². The van der Waals surface area contributed by atoms with Crippen LogP contribution in [0, 0.1) is 0 Å². The van der Waals surface area contributed by atoms with Gasteiger partial charge in [-0.05, 0) is 73.3 Å². The molecule has 10 heteroatoms. The van der Waals surface area contributed by atoms with E-state index in [0.717, 1.165) is 0 Å². The van der Waals surface area contributed by atoms with Crippen molar-refractivity contribution in [2.45, 2.75) is 90.1 Å².